The van der Waals surface area contributed by atoms with Gasteiger partial charge < -0.3 is 0 Å². The molecule has 0 saturated carbocycles. The summed E-state index contributed by atoms with van der Waals surface area (Å²) in [5.41, 5.74) is 2.12. The highest BCUT2D eigenvalue weighted by molar-refractivity contribution is 7.98. The molecule has 0 amide bonds. The molecule has 0 aliphatic carbocycles. The molecule has 3 aromatic heterocycles. The van der Waals surface area contributed by atoms with E-state index in [1.165, 1.54) is 4.88 Å². The molecule has 0 fully saturated rings. The molecule has 0 aliphatic heterocycles. The molecule has 0 N–H and O–H groups in total. The van der Waals surface area contributed by atoms with E-state index in [9.17, 15) is 0 Å². The molecule has 0 atom stereocenters. The number of para-hydroxylation sites is 1. The van der Waals surface area contributed by atoms with E-state index in [-0.39, 0.29) is 0 Å². The summed E-state index contributed by atoms with van der Waals surface area (Å²) in [5.74, 6) is 1.72. The number of aromatic nitrogens is 4. The Bertz CT molecular complexity index is 919. The van der Waals surface area contributed by atoms with Crippen molar-refractivity contribution in [3.8, 4) is 5.69 Å². The second-order valence-electron chi connectivity index (χ2n) is 5.44. The molecule has 25 heavy (non-hydrogen) atoms. The Kier molecular flexibility index (Phi) is 4.90. The van der Waals surface area contributed by atoms with Gasteiger partial charge in [0.15, 0.2) is 5.16 Å². The molecule has 4 aromatic rings. The predicted molar refractivity (Wildman–Crippen MR) is 102 cm³/mol. The molecule has 0 bridgehead atoms. The average Bonchev–Trinajstić information content (AvgIpc) is 3.32. The largest absolute Gasteiger partial charge is 0.274 e. The first-order chi connectivity index (χ1) is 12.4. The van der Waals surface area contributed by atoms with Gasteiger partial charge in [-0.25, -0.2) is 0 Å². The zero-order chi connectivity index (χ0) is 16.9. The molecular weight excluding hydrogens is 348 g/mol. The van der Waals surface area contributed by atoms with E-state index in [2.05, 4.69) is 49.4 Å². The van der Waals surface area contributed by atoms with Crippen molar-refractivity contribution in [2.45, 2.75) is 17.3 Å². The first-order valence-corrected chi connectivity index (χ1v) is 9.81. The molecule has 0 unspecified atom stereocenters. The number of rotatable bonds is 6. The number of thioether (sulfide) groups is 1. The zero-order valence-electron chi connectivity index (χ0n) is 13.4. The van der Waals surface area contributed by atoms with Crippen LogP contribution in [0.4, 0.5) is 0 Å². The summed E-state index contributed by atoms with van der Waals surface area (Å²) < 4.78 is 2.15. The quantitative estimate of drug-likeness (QED) is 0.469. The number of hydrogen-bond donors (Lipinski definition) is 0. The van der Waals surface area contributed by atoms with Crippen LogP contribution in [0.2, 0.25) is 0 Å². The Morgan fingerprint density at radius 3 is 2.56 bits per heavy atom. The van der Waals surface area contributed by atoms with Crippen LogP contribution in [0.1, 0.15) is 16.4 Å². The van der Waals surface area contributed by atoms with Gasteiger partial charge in [0.25, 0.3) is 0 Å². The minimum absolute atomic E-state index is 0.769. The van der Waals surface area contributed by atoms with Crippen LogP contribution in [-0.4, -0.2) is 19.7 Å². The van der Waals surface area contributed by atoms with E-state index in [0.717, 1.165) is 34.5 Å². The number of hydrogen-bond acceptors (Lipinski definition) is 5. The Hall–Kier alpha value is -2.44. The van der Waals surface area contributed by atoms with Gasteiger partial charge in [0.2, 0.25) is 0 Å². The summed E-state index contributed by atoms with van der Waals surface area (Å²) in [5, 5.41) is 11.9. The lowest BCUT2D eigenvalue weighted by atomic mass is 10.3. The zero-order valence-corrected chi connectivity index (χ0v) is 15.1. The fraction of sp³-hybridized carbons (Fsp3) is 0.105. The predicted octanol–water partition coefficient (Wildman–Crippen LogP) is 4.61. The van der Waals surface area contributed by atoms with Crippen LogP contribution in [-0.2, 0) is 12.2 Å². The van der Waals surface area contributed by atoms with Gasteiger partial charge in [0, 0.05) is 28.9 Å². The van der Waals surface area contributed by atoms with Crippen LogP contribution < -0.4 is 0 Å². The molecule has 4 rings (SSSR count). The van der Waals surface area contributed by atoms with Crippen molar-refractivity contribution < 1.29 is 0 Å². The maximum atomic E-state index is 4.46. The summed E-state index contributed by atoms with van der Waals surface area (Å²) in [6, 6.07) is 20.4. The maximum Gasteiger partial charge on any atom is 0.196 e. The van der Waals surface area contributed by atoms with Crippen LogP contribution in [0.25, 0.3) is 5.69 Å². The lowest BCUT2D eigenvalue weighted by Gasteiger charge is -2.09. The first kappa shape index (κ1) is 16.1. The first-order valence-electron chi connectivity index (χ1n) is 7.95. The van der Waals surface area contributed by atoms with E-state index in [0.29, 0.717) is 0 Å². The molecule has 0 spiro atoms. The molecule has 6 heteroatoms. The molecular formula is C19H16N4S2. The van der Waals surface area contributed by atoms with Crippen LogP contribution in [0.3, 0.4) is 0 Å². The van der Waals surface area contributed by atoms with Crippen molar-refractivity contribution in [2.75, 3.05) is 0 Å². The van der Waals surface area contributed by atoms with Gasteiger partial charge in [0.05, 0.1) is 5.69 Å². The van der Waals surface area contributed by atoms with Crippen LogP contribution in [0.5, 0.6) is 0 Å². The minimum atomic E-state index is 0.769. The van der Waals surface area contributed by atoms with Crippen molar-refractivity contribution in [3.63, 3.8) is 0 Å². The van der Waals surface area contributed by atoms with Crippen molar-refractivity contribution in [3.05, 3.63) is 88.6 Å². The van der Waals surface area contributed by atoms with E-state index in [4.69, 9.17) is 0 Å². The molecule has 1 aromatic carbocycles. The second-order valence-corrected chi connectivity index (χ2v) is 7.41. The van der Waals surface area contributed by atoms with E-state index in [1.807, 2.05) is 42.6 Å². The van der Waals surface area contributed by atoms with Crippen molar-refractivity contribution in [2.24, 2.45) is 0 Å². The fourth-order valence-corrected chi connectivity index (χ4v) is 4.12. The maximum absolute atomic E-state index is 4.46. The van der Waals surface area contributed by atoms with Crippen molar-refractivity contribution in [1.82, 2.24) is 19.7 Å². The average molecular weight is 364 g/mol. The fourth-order valence-electron chi connectivity index (χ4n) is 2.54. The molecule has 4 nitrogen and oxygen atoms in total. The Balaban J connectivity index is 1.65. The highest BCUT2D eigenvalue weighted by atomic mass is 32.2. The van der Waals surface area contributed by atoms with Gasteiger partial charge in [0.1, 0.15) is 5.82 Å². The highest BCUT2D eigenvalue weighted by Crippen LogP contribution is 2.26. The van der Waals surface area contributed by atoms with Crippen LogP contribution in [0, 0.1) is 0 Å². The third-order valence-electron chi connectivity index (χ3n) is 3.70. The lowest BCUT2D eigenvalue weighted by Crippen LogP contribution is -2.03. The topological polar surface area (TPSA) is 43.6 Å². The Labute approximate surface area is 154 Å². The van der Waals surface area contributed by atoms with Gasteiger partial charge in [-0.15, -0.1) is 21.5 Å². The summed E-state index contributed by atoms with van der Waals surface area (Å²) in [6.45, 7) is 0. The minimum Gasteiger partial charge on any atom is -0.274 e. The number of nitrogens with zero attached hydrogens (tertiary/aromatic N) is 4. The normalized spacial score (nSPS) is 10.9. The summed E-state index contributed by atoms with van der Waals surface area (Å²) >= 11 is 3.40. The SMILES string of the molecule is c1ccc(-n2c(Cc3cccs3)nnc2SCc2ccccn2)cc1. The van der Waals surface area contributed by atoms with Gasteiger partial charge in [-0.3, -0.25) is 9.55 Å². The van der Waals surface area contributed by atoms with Gasteiger partial charge in [-0.05, 0) is 35.7 Å². The second kappa shape index (κ2) is 7.63. The van der Waals surface area contributed by atoms with E-state index >= 15 is 0 Å². The van der Waals surface area contributed by atoms with Crippen LogP contribution >= 0.6 is 23.1 Å². The van der Waals surface area contributed by atoms with Crippen molar-refractivity contribution >= 4 is 23.1 Å². The van der Waals surface area contributed by atoms with Crippen LogP contribution in [0.15, 0.2) is 77.4 Å². The monoisotopic (exact) mass is 364 g/mol. The summed E-state index contributed by atoms with van der Waals surface area (Å²) in [4.78, 5) is 5.67. The standard InChI is InChI=1S/C19H16N4S2/c1-2-8-16(9-3-1)23-18(13-17-10-6-12-24-17)21-22-19(23)25-14-15-7-4-5-11-20-15/h1-12H,13-14H2. The van der Waals surface area contributed by atoms with Gasteiger partial charge in [-0.1, -0.05) is 42.1 Å². The molecule has 0 radical (unpaired) electrons. The molecule has 124 valence electrons. The lowest BCUT2D eigenvalue weighted by molar-refractivity contribution is 0.850. The van der Waals surface area contributed by atoms with Gasteiger partial charge in [-0.2, -0.15) is 0 Å². The molecule has 0 saturated heterocycles. The smallest absolute Gasteiger partial charge is 0.196 e. The Morgan fingerprint density at radius 2 is 1.80 bits per heavy atom. The number of pyridine rings is 1. The van der Waals surface area contributed by atoms with Gasteiger partial charge >= 0.3 is 0 Å². The third-order valence-corrected chi connectivity index (χ3v) is 5.54. The molecule has 0 aliphatic rings. The summed E-state index contributed by atoms with van der Waals surface area (Å²) in [7, 11) is 0. The van der Waals surface area contributed by atoms with E-state index in [1.54, 1.807) is 23.1 Å². The summed E-state index contributed by atoms with van der Waals surface area (Å²) in [6.07, 6.45) is 2.60. The third kappa shape index (κ3) is 3.81. The Morgan fingerprint density at radius 1 is 0.920 bits per heavy atom. The number of thiophene rings is 1. The molecule has 3 heterocycles. The van der Waals surface area contributed by atoms with E-state index < -0.39 is 0 Å². The van der Waals surface area contributed by atoms with Crippen molar-refractivity contribution in [1.29, 1.82) is 0 Å². The number of benzene rings is 1. The highest BCUT2D eigenvalue weighted by Gasteiger charge is 2.15.